The number of ether oxygens (including phenoxy) is 1. The number of rotatable bonds is 5. The second-order valence-electron chi connectivity index (χ2n) is 7.89. The van der Waals surface area contributed by atoms with Gasteiger partial charge in [-0.1, -0.05) is 24.3 Å². The Morgan fingerprint density at radius 1 is 1.23 bits per heavy atom. The molecule has 1 aliphatic carbocycles. The molecule has 8 nitrogen and oxygen atoms in total. The van der Waals surface area contributed by atoms with Crippen LogP contribution in [-0.2, 0) is 32.5 Å². The molecule has 1 aromatic carbocycles. The van der Waals surface area contributed by atoms with Crippen molar-refractivity contribution in [3.8, 4) is 0 Å². The van der Waals surface area contributed by atoms with Gasteiger partial charge in [-0.15, -0.1) is 0 Å². The first kappa shape index (κ1) is 21.0. The number of aryl methyl sites for hydroxylation is 2. The molecule has 2 heterocycles. The molecular weight excluding hydrogens is 404 g/mol. The molecule has 0 unspecified atom stereocenters. The quantitative estimate of drug-likeness (QED) is 0.776. The number of aromatic nitrogens is 2. The van der Waals surface area contributed by atoms with E-state index < -0.39 is 10.0 Å². The summed E-state index contributed by atoms with van der Waals surface area (Å²) < 4.78 is 34.4. The molecule has 30 heavy (non-hydrogen) atoms. The van der Waals surface area contributed by atoms with Gasteiger partial charge >= 0.3 is 0 Å². The highest BCUT2D eigenvalue weighted by Crippen LogP contribution is 2.29. The Bertz CT molecular complexity index is 1040. The number of nitrogens with one attached hydrogen (secondary N) is 1. The Balaban J connectivity index is 1.51. The number of nitrogens with zero attached hydrogens (tertiary/aromatic N) is 3. The number of hydrogen-bond donors (Lipinski definition) is 1. The van der Waals surface area contributed by atoms with Crippen LogP contribution >= 0.6 is 0 Å². The minimum Gasteiger partial charge on any atom is -0.379 e. The van der Waals surface area contributed by atoms with Crippen LogP contribution in [0.1, 0.15) is 41.4 Å². The maximum atomic E-state index is 13.1. The zero-order valence-electron chi connectivity index (χ0n) is 17.4. The molecule has 0 radical (unpaired) electrons. The van der Waals surface area contributed by atoms with Gasteiger partial charge in [0.1, 0.15) is 11.4 Å². The Hall–Kier alpha value is -2.23. The second kappa shape index (κ2) is 8.49. The molecule has 0 saturated carbocycles. The van der Waals surface area contributed by atoms with Crippen molar-refractivity contribution in [2.75, 3.05) is 26.3 Å². The van der Waals surface area contributed by atoms with Crippen LogP contribution < -0.4 is 5.32 Å². The minimum atomic E-state index is -3.67. The van der Waals surface area contributed by atoms with Crippen LogP contribution in [0.25, 0.3) is 0 Å². The molecule has 2 aromatic rings. The molecule has 1 amide bonds. The van der Waals surface area contributed by atoms with Crippen molar-refractivity contribution in [1.82, 2.24) is 19.4 Å². The van der Waals surface area contributed by atoms with E-state index in [4.69, 9.17) is 4.74 Å². The van der Waals surface area contributed by atoms with Crippen LogP contribution in [0.2, 0.25) is 0 Å². The molecule has 162 valence electrons. The molecule has 4 rings (SSSR count). The second-order valence-corrected chi connectivity index (χ2v) is 9.76. The van der Waals surface area contributed by atoms with E-state index >= 15 is 0 Å². The van der Waals surface area contributed by atoms with Crippen molar-refractivity contribution in [3.05, 3.63) is 46.8 Å². The zero-order valence-corrected chi connectivity index (χ0v) is 18.2. The van der Waals surface area contributed by atoms with Gasteiger partial charge in [-0.3, -0.25) is 9.48 Å². The topological polar surface area (TPSA) is 93.5 Å². The van der Waals surface area contributed by atoms with Gasteiger partial charge < -0.3 is 10.1 Å². The highest BCUT2D eigenvalue weighted by atomic mass is 32.2. The van der Waals surface area contributed by atoms with Gasteiger partial charge in [0, 0.05) is 13.1 Å². The van der Waals surface area contributed by atoms with Gasteiger partial charge in [-0.2, -0.15) is 9.40 Å². The van der Waals surface area contributed by atoms with E-state index in [1.807, 2.05) is 12.1 Å². The lowest BCUT2D eigenvalue weighted by atomic mass is 9.88. The zero-order chi connectivity index (χ0) is 21.3. The first-order valence-corrected chi connectivity index (χ1v) is 11.8. The minimum absolute atomic E-state index is 0.00995. The van der Waals surface area contributed by atoms with Crippen molar-refractivity contribution in [2.45, 2.75) is 50.6 Å². The molecule has 1 aliphatic heterocycles. The SMILES string of the molecule is Cc1nn(CC(=O)N[C@@H]2CCCc3ccccc32)c(C)c1S(=O)(=O)N1CCOCC1. The molecule has 1 N–H and O–H groups in total. The fraction of sp³-hybridized carbons (Fsp3) is 0.524. The normalized spacial score (nSPS) is 20.0. The van der Waals surface area contributed by atoms with Crippen molar-refractivity contribution < 1.29 is 17.9 Å². The summed E-state index contributed by atoms with van der Waals surface area (Å²) in [6.45, 7) is 4.79. The molecule has 1 saturated heterocycles. The van der Waals surface area contributed by atoms with Crippen molar-refractivity contribution in [2.24, 2.45) is 0 Å². The van der Waals surface area contributed by atoms with Crippen molar-refractivity contribution >= 4 is 15.9 Å². The van der Waals surface area contributed by atoms with Gasteiger partial charge in [-0.05, 0) is 44.2 Å². The maximum absolute atomic E-state index is 13.1. The molecule has 1 aromatic heterocycles. The summed E-state index contributed by atoms with van der Waals surface area (Å²) in [6, 6.07) is 8.17. The Morgan fingerprint density at radius 2 is 1.97 bits per heavy atom. The molecule has 0 bridgehead atoms. The van der Waals surface area contributed by atoms with E-state index in [0.717, 1.165) is 19.3 Å². The van der Waals surface area contributed by atoms with Crippen LogP contribution in [0.15, 0.2) is 29.2 Å². The van der Waals surface area contributed by atoms with E-state index in [1.54, 1.807) is 13.8 Å². The summed E-state index contributed by atoms with van der Waals surface area (Å²) >= 11 is 0. The van der Waals surface area contributed by atoms with Crippen LogP contribution in [0, 0.1) is 13.8 Å². The van der Waals surface area contributed by atoms with Gasteiger partial charge in [-0.25, -0.2) is 8.42 Å². The maximum Gasteiger partial charge on any atom is 0.246 e. The Kier molecular flexibility index (Phi) is 5.95. The number of amides is 1. The van der Waals surface area contributed by atoms with Crippen molar-refractivity contribution in [3.63, 3.8) is 0 Å². The summed E-state index contributed by atoms with van der Waals surface area (Å²) in [6.07, 6.45) is 2.96. The van der Waals surface area contributed by atoms with Crippen LogP contribution in [0.5, 0.6) is 0 Å². The molecule has 0 spiro atoms. The number of carbonyl (C=O) groups is 1. The number of sulfonamides is 1. The third-order valence-corrected chi connectivity index (χ3v) is 8.03. The summed E-state index contributed by atoms with van der Waals surface area (Å²) in [5.74, 6) is -0.169. The molecular formula is C21H28N4O4S. The fourth-order valence-electron chi connectivity index (χ4n) is 4.40. The predicted molar refractivity (Wildman–Crippen MR) is 112 cm³/mol. The predicted octanol–water partition coefficient (Wildman–Crippen LogP) is 1.71. The van der Waals surface area contributed by atoms with Gasteiger partial charge in [0.05, 0.1) is 30.6 Å². The third-order valence-electron chi connectivity index (χ3n) is 5.88. The van der Waals surface area contributed by atoms with E-state index in [9.17, 15) is 13.2 Å². The smallest absolute Gasteiger partial charge is 0.246 e. The van der Waals surface area contributed by atoms with Crippen LogP contribution in [-0.4, -0.2) is 54.7 Å². The van der Waals surface area contributed by atoms with Gasteiger partial charge in [0.25, 0.3) is 0 Å². The summed E-state index contributed by atoms with van der Waals surface area (Å²) in [5, 5.41) is 7.47. The molecule has 9 heteroatoms. The largest absolute Gasteiger partial charge is 0.379 e. The number of morpholine rings is 1. The molecule has 1 atom stereocenters. The lowest BCUT2D eigenvalue weighted by Gasteiger charge is -2.26. The first-order chi connectivity index (χ1) is 14.4. The summed E-state index contributed by atoms with van der Waals surface area (Å²) in [5.41, 5.74) is 3.34. The van der Waals surface area contributed by atoms with Crippen LogP contribution in [0.3, 0.4) is 0 Å². The number of carbonyl (C=O) groups excluding carboxylic acids is 1. The van der Waals surface area contributed by atoms with Crippen LogP contribution in [0.4, 0.5) is 0 Å². The van der Waals surface area contributed by atoms with Gasteiger partial charge in [0.15, 0.2) is 0 Å². The van der Waals surface area contributed by atoms with E-state index in [1.165, 1.54) is 20.1 Å². The lowest BCUT2D eigenvalue weighted by molar-refractivity contribution is -0.122. The lowest BCUT2D eigenvalue weighted by Crippen LogP contribution is -2.41. The molecule has 1 fully saturated rings. The van der Waals surface area contributed by atoms with Gasteiger partial charge in [0.2, 0.25) is 15.9 Å². The third kappa shape index (κ3) is 4.01. The van der Waals surface area contributed by atoms with E-state index in [0.29, 0.717) is 37.7 Å². The Labute approximate surface area is 177 Å². The average molecular weight is 433 g/mol. The average Bonchev–Trinajstić information content (AvgIpc) is 3.02. The fourth-order valence-corrected chi connectivity index (χ4v) is 6.18. The first-order valence-electron chi connectivity index (χ1n) is 10.4. The summed E-state index contributed by atoms with van der Waals surface area (Å²) in [7, 11) is -3.67. The van der Waals surface area contributed by atoms with Crippen molar-refractivity contribution in [1.29, 1.82) is 0 Å². The number of hydrogen-bond acceptors (Lipinski definition) is 5. The monoisotopic (exact) mass is 432 g/mol. The number of benzene rings is 1. The highest BCUT2D eigenvalue weighted by molar-refractivity contribution is 7.89. The summed E-state index contributed by atoms with van der Waals surface area (Å²) in [4.78, 5) is 13.0. The van der Waals surface area contributed by atoms with E-state index in [2.05, 4.69) is 22.5 Å². The molecule has 2 aliphatic rings. The van der Waals surface area contributed by atoms with E-state index in [-0.39, 0.29) is 23.4 Å². The Morgan fingerprint density at radius 3 is 2.73 bits per heavy atom. The number of fused-ring (bicyclic) bond motifs is 1. The highest BCUT2D eigenvalue weighted by Gasteiger charge is 2.32. The standard InChI is InChI=1S/C21H28N4O4S/c1-15-21(30(27,28)24-10-12-29-13-11-24)16(2)25(23-15)14-20(26)22-19-9-5-7-17-6-3-4-8-18(17)19/h3-4,6,8,19H,5,7,9-14H2,1-2H3,(H,22,26)/t19-/m1/s1.